The third-order valence-electron chi connectivity index (χ3n) is 2.08. The third-order valence-corrected chi connectivity index (χ3v) is 2.08. The summed E-state index contributed by atoms with van der Waals surface area (Å²) in [5.74, 6) is 0. The predicted octanol–water partition coefficient (Wildman–Crippen LogP) is -0.698. The molecule has 1 aliphatic carbocycles. The van der Waals surface area contributed by atoms with Gasteiger partial charge in [-0.1, -0.05) is 13.8 Å². The molecule has 2 N–H and O–H groups in total. The van der Waals surface area contributed by atoms with Crippen LogP contribution >= 0.6 is 0 Å². The summed E-state index contributed by atoms with van der Waals surface area (Å²) in [6.07, 6.45) is 1.05. The lowest BCUT2D eigenvalue weighted by Crippen LogP contribution is -3.15. The van der Waals surface area contributed by atoms with E-state index in [1.165, 1.54) is 0 Å². The molecule has 1 fully saturated rings. The molecule has 0 radical (unpaired) electrons. The van der Waals surface area contributed by atoms with Crippen molar-refractivity contribution in [3.63, 3.8) is 0 Å². The van der Waals surface area contributed by atoms with E-state index in [1.807, 2.05) is 0 Å². The van der Waals surface area contributed by atoms with Crippen LogP contribution in [0.2, 0.25) is 0 Å². The van der Waals surface area contributed by atoms with Crippen molar-refractivity contribution in [2.45, 2.75) is 26.3 Å². The zero-order valence-corrected chi connectivity index (χ0v) is 6.19. The highest BCUT2D eigenvalue weighted by atomic mass is 16.5. The molecule has 54 valence electrons. The first kappa shape index (κ1) is 6.99. The van der Waals surface area contributed by atoms with E-state index < -0.39 is 0 Å². The molecule has 0 heterocycles. The Labute approximate surface area is 55.6 Å². The molecule has 0 aromatic heterocycles. The summed E-state index contributed by atoms with van der Waals surface area (Å²) in [7, 11) is 1.69. The van der Waals surface area contributed by atoms with Crippen LogP contribution in [0.3, 0.4) is 0 Å². The Bertz CT molecular complexity index is 114. The lowest BCUT2D eigenvalue weighted by molar-refractivity contribution is -0.908. The molecule has 1 aliphatic rings. The Morgan fingerprint density at radius 1 is 1.67 bits per heavy atom. The molecule has 9 heavy (non-hydrogen) atoms. The van der Waals surface area contributed by atoms with Gasteiger partial charge in [0.05, 0.1) is 0 Å². The summed E-state index contributed by atoms with van der Waals surface area (Å²) in [5.41, 5.74) is 2.92. The number of nitrogens with one attached hydrogen (secondary N) is 2. The zero-order valence-electron chi connectivity index (χ0n) is 6.19. The van der Waals surface area contributed by atoms with Crippen LogP contribution in [-0.4, -0.2) is 13.1 Å². The molecule has 1 unspecified atom stereocenters. The van der Waals surface area contributed by atoms with Gasteiger partial charge in [0, 0.05) is 18.9 Å². The van der Waals surface area contributed by atoms with Crippen LogP contribution in [0.4, 0.5) is 0 Å². The van der Waals surface area contributed by atoms with Crippen LogP contribution in [0.5, 0.6) is 0 Å². The highest BCUT2D eigenvalue weighted by Gasteiger charge is 2.51. The van der Waals surface area contributed by atoms with Crippen molar-refractivity contribution in [1.29, 1.82) is 0 Å². The fourth-order valence-electron chi connectivity index (χ4n) is 1.09. The van der Waals surface area contributed by atoms with E-state index in [1.54, 1.807) is 7.05 Å². The molecular formula is C6H14N2O. The summed E-state index contributed by atoms with van der Waals surface area (Å²) in [5, 5.41) is 11.1. The van der Waals surface area contributed by atoms with E-state index in [0.29, 0.717) is 0 Å². The number of hydrogen-bond acceptors (Lipinski definition) is 2. The largest absolute Gasteiger partial charge is 0.613 e. The first-order chi connectivity index (χ1) is 4.08. The van der Waals surface area contributed by atoms with E-state index in [2.05, 4.69) is 19.3 Å². The quantitative estimate of drug-likeness (QED) is 0.485. The van der Waals surface area contributed by atoms with Gasteiger partial charge in [-0.3, -0.25) is 5.17 Å². The fourth-order valence-corrected chi connectivity index (χ4v) is 1.09. The minimum absolute atomic E-state index is 0.194. The number of hydrogen-bond donors (Lipinski definition) is 2. The molecule has 0 amide bonds. The number of hydroxylamine groups is 1. The van der Waals surface area contributed by atoms with Gasteiger partial charge in [-0.2, -0.15) is 5.43 Å². The zero-order chi connectivity index (χ0) is 7.07. The van der Waals surface area contributed by atoms with Crippen molar-refractivity contribution in [3.8, 4) is 0 Å². The van der Waals surface area contributed by atoms with E-state index in [4.69, 9.17) is 0 Å². The smallest absolute Gasteiger partial charge is 0.111 e. The van der Waals surface area contributed by atoms with Gasteiger partial charge in [0.2, 0.25) is 0 Å². The van der Waals surface area contributed by atoms with Gasteiger partial charge in [0.15, 0.2) is 0 Å². The SMILES string of the molecule is CN[NH+]([O-])[C@H]1CC1(C)C. The highest BCUT2D eigenvalue weighted by Crippen LogP contribution is 2.42. The molecule has 1 rings (SSSR count). The Kier molecular flexibility index (Phi) is 1.50. The maximum Gasteiger partial charge on any atom is 0.111 e. The molecule has 3 heteroatoms. The molecule has 0 aliphatic heterocycles. The van der Waals surface area contributed by atoms with Crippen LogP contribution < -0.4 is 10.6 Å². The Morgan fingerprint density at radius 3 is 2.22 bits per heavy atom. The third kappa shape index (κ3) is 1.23. The van der Waals surface area contributed by atoms with Gasteiger partial charge in [-0.05, 0) is 0 Å². The molecule has 0 bridgehead atoms. The topological polar surface area (TPSA) is 39.5 Å². The number of quaternary nitrogens is 1. The van der Waals surface area contributed by atoms with Crippen LogP contribution in [0.1, 0.15) is 20.3 Å². The fraction of sp³-hybridized carbons (Fsp3) is 1.00. The van der Waals surface area contributed by atoms with Gasteiger partial charge in [0.1, 0.15) is 6.04 Å². The lowest BCUT2D eigenvalue weighted by Gasteiger charge is -2.21. The van der Waals surface area contributed by atoms with Crippen LogP contribution in [-0.2, 0) is 0 Å². The first-order valence-electron chi connectivity index (χ1n) is 3.29. The van der Waals surface area contributed by atoms with Crippen molar-refractivity contribution in [1.82, 2.24) is 5.43 Å². The number of rotatable bonds is 2. The maximum absolute atomic E-state index is 10.9. The maximum atomic E-state index is 10.9. The molecule has 2 atom stereocenters. The standard InChI is InChI=1S/C6H14N2O/c1-6(2)4-5(6)8(9)7-3/h5,7-8H,4H2,1-3H3/t5-/m0/s1. The van der Waals surface area contributed by atoms with Gasteiger partial charge in [0.25, 0.3) is 0 Å². The van der Waals surface area contributed by atoms with Crippen molar-refractivity contribution in [3.05, 3.63) is 5.21 Å². The molecule has 0 aromatic carbocycles. The van der Waals surface area contributed by atoms with Crippen LogP contribution in [0, 0.1) is 10.6 Å². The van der Waals surface area contributed by atoms with E-state index >= 15 is 0 Å². The van der Waals surface area contributed by atoms with Gasteiger partial charge in [-0.25, -0.2) is 0 Å². The summed E-state index contributed by atoms with van der Waals surface area (Å²) in [6, 6.07) is 0.280. The Hall–Kier alpha value is -0.120. The monoisotopic (exact) mass is 130 g/mol. The predicted molar refractivity (Wildman–Crippen MR) is 35.6 cm³/mol. The van der Waals surface area contributed by atoms with Crippen molar-refractivity contribution in [2.75, 3.05) is 7.05 Å². The summed E-state index contributed by atoms with van der Waals surface area (Å²) in [4.78, 5) is 0. The van der Waals surface area contributed by atoms with Crippen LogP contribution in [0.25, 0.3) is 0 Å². The van der Waals surface area contributed by atoms with Gasteiger partial charge < -0.3 is 5.21 Å². The second-order valence-corrected chi connectivity index (χ2v) is 3.36. The molecule has 1 saturated carbocycles. The molecule has 0 spiro atoms. The minimum atomic E-state index is 0.194. The average Bonchev–Trinajstić information content (AvgIpc) is 2.38. The van der Waals surface area contributed by atoms with Gasteiger partial charge >= 0.3 is 0 Å². The molecule has 0 saturated heterocycles. The molecule has 0 aromatic rings. The van der Waals surface area contributed by atoms with Crippen LogP contribution in [0.15, 0.2) is 0 Å². The van der Waals surface area contributed by atoms with E-state index in [9.17, 15) is 5.21 Å². The second-order valence-electron chi connectivity index (χ2n) is 3.36. The first-order valence-corrected chi connectivity index (χ1v) is 3.29. The Balaban J connectivity index is 2.33. The molecular weight excluding hydrogens is 116 g/mol. The molecule has 3 nitrogen and oxygen atoms in total. The summed E-state index contributed by atoms with van der Waals surface area (Å²) in [6.45, 7) is 4.24. The minimum Gasteiger partial charge on any atom is -0.613 e. The van der Waals surface area contributed by atoms with E-state index in [-0.39, 0.29) is 16.6 Å². The van der Waals surface area contributed by atoms with Gasteiger partial charge in [-0.15, -0.1) is 0 Å². The van der Waals surface area contributed by atoms with Crippen molar-refractivity contribution < 1.29 is 5.17 Å². The Morgan fingerprint density at radius 2 is 2.11 bits per heavy atom. The lowest BCUT2D eigenvalue weighted by atomic mass is 10.2. The van der Waals surface area contributed by atoms with Crippen molar-refractivity contribution >= 4 is 0 Å². The second kappa shape index (κ2) is 1.94. The summed E-state index contributed by atoms with van der Waals surface area (Å²) < 4.78 is 0. The summed E-state index contributed by atoms with van der Waals surface area (Å²) >= 11 is 0. The van der Waals surface area contributed by atoms with Crippen molar-refractivity contribution in [2.24, 2.45) is 5.41 Å². The normalized spacial score (nSPS) is 34.0. The average molecular weight is 130 g/mol. The highest BCUT2D eigenvalue weighted by molar-refractivity contribution is 4.95. The van der Waals surface area contributed by atoms with E-state index in [0.717, 1.165) is 6.42 Å².